The van der Waals surface area contributed by atoms with Crippen LogP contribution in [-0.4, -0.2) is 12.4 Å². The molecule has 1 aromatic carbocycles. The van der Waals surface area contributed by atoms with Gasteiger partial charge in [0, 0.05) is 11.0 Å². The Morgan fingerprint density at radius 1 is 1.38 bits per heavy atom. The lowest BCUT2D eigenvalue weighted by atomic mass is 10.2. The number of hydrogen-bond acceptors (Lipinski definition) is 2. The molecule has 0 aromatic heterocycles. The lowest BCUT2D eigenvalue weighted by Gasteiger charge is -2.11. The van der Waals surface area contributed by atoms with Crippen LogP contribution >= 0.6 is 11.8 Å². The van der Waals surface area contributed by atoms with Crippen LogP contribution < -0.4 is 4.74 Å². The zero-order valence-corrected chi connectivity index (χ0v) is 11.3. The molecule has 1 aromatic rings. The second-order valence-corrected chi connectivity index (χ2v) is 5.16. The minimum Gasteiger partial charge on any atom is -0.497 e. The Kier molecular flexibility index (Phi) is 5.47. The Morgan fingerprint density at radius 2 is 2.00 bits per heavy atom. The Balaban J connectivity index is 2.48. The summed E-state index contributed by atoms with van der Waals surface area (Å²) in [5.74, 6) is 1.97. The Labute approximate surface area is 103 Å². The van der Waals surface area contributed by atoms with Crippen LogP contribution in [0.5, 0.6) is 5.75 Å². The summed E-state index contributed by atoms with van der Waals surface area (Å²) in [6, 6.07) is 8.29. The van der Waals surface area contributed by atoms with Crippen LogP contribution in [-0.2, 0) is 5.75 Å². The first kappa shape index (κ1) is 13.2. The van der Waals surface area contributed by atoms with Crippen molar-refractivity contribution in [2.75, 3.05) is 7.11 Å². The molecule has 0 aliphatic rings. The molecule has 88 valence electrons. The second kappa shape index (κ2) is 6.64. The van der Waals surface area contributed by atoms with Gasteiger partial charge in [-0.2, -0.15) is 0 Å². The predicted molar refractivity (Wildman–Crippen MR) is 73.2 cm³/mol. The van der Waals surface area contributed by atoms with Crippen LogP contribution in [0.25, 0.3) is 0 Å². The van der Waals surface area contributed by atoms with E-state index in [4.69, 9.17) is 4.74 Å². The number of rotatable bonds is 5. The van der Waals surface area contributed by atoms with E-state index in [0.29, 0.717) is 5.25 Å². The van der Waals surface area contributed by atoms with Gasteiger partial charge in [0.2, 0.25) is 0 Å². The lowest BCUT2D eigenvalue weighted by Crippen LogP contribution is -1.98. The van der Waals surface area contributed by atoms with E-state index < -0.39 is 0 Å². The van der Waals surface area contributed by atoms with Gasteiger partial charge in [0.15, 0.2) is 0 Å². The summed E-state index contributed by atoms with van der Waals surface area (Å²) in [5.41, 5.74) is 2.79. The van der Waals surface area contributed by atoms with Gasteiger partial charge in [-0.25, -0.2) is 0 Å². The number of allylic oxidation sites excluding steroid dienone is 1. The second-order valence-electron chi connectivity index (χ2n) is 3.83. The number of benzene rings is 1. The van der Waals surface area contributed by atoms with Crippen molar-refractivity contribution in [2.24, 2.45) is 0 Å². The van der Waals surface area contributed by atoms with Gasteiger partial charge in [-0.3, -0.25) is 0 Å². The van der Waals surface area contributed by atoms with Gasteiger partial charge in [-0.15, -0.1) is 11.8 Å². The summed E-state index contributed by atoms with van der Waals surface area (Å²) in [6.45, 7) is 6.54. The lowest BCUT2D eigenvalue weighted by molar-refractivity contribution is 0.414. The number of hydrogen-bond donors (Lipinski definition) is 0. The topological polar surface area (TPSA) is 9.23 Å². The average Bonchev–Trinajstić information content (AvgIpc) is 2.35. The molecule has 0 heterocycles. The van der Waals surface area contributed by atoms with Crippen LogP contribution in [0.2, 0.25) is 0 Å². The maximum Gasteiger partial charge on any atom is 0.118 e. The molecule has 0 amide bonds. The average molecular weight is 236 g/mol. The molecule has 0 saturated heterocycles. The molecule has 1 unspecified atom stereocenters. The highest BCUT2D eigenvalue weighted by atomic mass is 32.2. The quantitative estimate of drug-likeness (QED) is 0.706. The van der Waals surface area contributed by atoms with E-state index in [1.54, 1.807) is 7.11 Å². The largest absolute Gasteiger partial charge is 0.497 e. The van der Waals surface area contributed by atoms with E-state index in [0.717, 1.165) is 11.5 Å². The van der Waals surface area contributed by atoms with Gasteiger partial charge >= 0.3 is 0 Å². The molecule has 0 saturated carbocycles. The molecule has 1 atom stereocenters. The highest BCUT2D eigenvalue weighted by Crippen LogP contribution is 2.23. The molecule has 1 rings (SSSR count). The Bertz CT molecular complexity index is 340. The molecule has 0 N–H and O–H groups in total. The van der Waals surface area contributed by atoms with Gasteiger partial charge in [0.1, 0.15) is 5.75 Å². The fraction of sp³-hybridized carbons (Fsp3) is 0.429. The van der Waals surface area contributed by atoms with E-state index >= 15 is 0 Å². The van der Waals surface area contributed by atoms with Crippen molar-refractivity contribution in [3.63, 3.8) is 0 Å². The number of ether oxygens (including phenoxy) is 1. The third-order valence-electron chi connectivity index (χ3n) is 2.76. The van der Waals surface area contributed by atoms with Gasteiger partial charge in [-0.1, -0.05) is 23.8 Å². The van der Waals surface area contributed by atoms with Crippen molar-refractivity contribution in [1.29, 1.82) is 0 Å². The van der Waals surface area contributed by atoms with Crippen LogP contribution in [0.15, 0.2) is 35.9 Å². The summed E-state index contributed by atoms with van der Waals surface area (Å²) in [7, 11) is 1.70. The summed E-state index contributed by atoms with van der Waals surface area (Å²) in [6.07, 6.45) is 2.19. The maximum absolute atomic E-state index is 5.13. The zero-order chi connectivity index (χ0) is 12.0. The van der Waals surface area contributed by atoms with Gasteiger partial charge in [0.05, 0.1) is 7.11 Å². The first-order valence-corrected chi connectivity index (χ1v) is 6.59. The van der Waals surface area contributed by atoms with E-state index in [9.17, 15) is 0 Å². The standard InChI is InChI=1S/C14H20OS/c1-5-11(2)12(3)16-10-13-6-8-14(15-4)9-7-13/h5-9,12H,10H2,1-4H3/b11-5+. The molecule has 16 heavy (non-hydrogen) atoms. The predicted octanol–water partition coefficient (Wildman–Crippen LogP) is 4.28. The van der Waals surface area contributed by atoms with Crippen LogP contribution in [0, 0.1) is 0 Å². The molecule has 0 aliphatic heterocycles. The minimum atomic E-state index is 0.590. The van der Waals surface area contributed by atoms with E-state index in [1.165, 1.54) is 11.1 Å². The SMILES string of the molecule is C/C=C(\C)C(C)SCc1ccc(OC)cc1. The smallest absolute Gasteiger partial charge is 0.118 e. The third kappa shape index (κ3) is 3.93. The molecule has 0 radical (unpaired) electrons. The normalized spacial score (nSPS) is 13.6. The zero-order valence-electron chi connectivity index (χ0n) is 10.5. The molecule has 0 spiro atoms. The maximum atomic E-state index is 5.13. The number of methoxy groups -OCH3 is 1. The highest BCUT2D eigenvalue weighted by Gasteiger charge is 2.04. The minimum absolute atomic E-state index is 0.590. The summed E-state index contributed by atoms with van der Waals surface area (Å²) in [4.78, 5) is 0. The van der Waals surface area contributed by atoms with Gasteiger partial charge in [0.25, 0.3) is 0 Å². The molecular weight excluding hydrogens is 216 g/mol. The van der Waals surface area contributed by atoms with Crippen molar-refractivity contribution in [1.82, 2.24) is 0 Å². The molecular formula is C14H20OS. The summed E-state index contributed by atoms with van der Waals surface area (Å²) < 4.78 is 5.13. The van der Waals surface area contributed by atoms with Crippen molar-refractivity contribution >= 4 is 11.8 Å². The van der Waals surface area contributed by atoms with E-state index in [2.05, 4.69) is 39.0 Å². The fourth-order valence-corrected chi connectivity index (χ4v) is 2.34. The van der Waals surface area contributed by atoms with Crippen molar-refractivity contribution in [2.45, 2.75) is 31.8 Å². The molecule has 0 aliphatic carbocycles. The van der Waals surface area contributed by atoms with Gasteiger partial charge in [-0.05, 0) is 38.5 Å². The van der Waals surface area contributed by atoms with Crippen molar-refractivity contribution < 1.29 is 4.74 Å². The Morgan fingerprint density at radius 3 is 2.50 bits per heavy atom. The molecule has 1 nitrogen and oxygen atoms in total. The molecule has 0 bridgehead atoms. The van der Waals surface area contributed by atoms with E-state index in [-0.39, 0.29) is 0 Å². The monoisotopic (exact) mass is 236 g/mol. The molecule has 0 fully saturated rings. The van der Waals surface area contributed by atoms with Crippen LogP contribution in [0.4, 0.5) is 0 Å². The first-order chi connectivity index (χ1) is 7.67. The van der Waals surface area contributed by atoms with Crippen LogP contribution in [0.3, 0.4) is 0 Å². The highest BCUT2D eigenvalue weighted by molar-refractivity contribution is 7.99. The van der Waals surface area contributed by atoms with E-state index in [1.807, 2.05) is 23.9 Å². The van der Waals surface area contributed by atoms with Crippen molar-refractivity contribution in [3.05, 3.63) is 41.5 Å². The number of thioether (sulfide) groups is 1. The Hall–Kier alpha value is -0.890. The fourth-order valence-electron chi connectivity index (χ4n) is 1.31. The molecule has 2 heteroatoms. The summed E-state index contributed by atoms with van der Waals surface area (Å²) >= 11 is 1.97. The van der Waals surface area contributed by atoms with Gasteiger partial charge < -0.3 is 4.74 Å². The first-order valence-electron chi connectivity index (χ1n) is 5.54. The summed E-state index contributed by atoms with van der Waals surface area (Å²) in [5, 5.41) is 0.590. The van der Waals surface area contributed by atoms with Crippen molar-refractivity contribution in [3.8, 4) is 5.75 Å². The van der Waals surface area contributed by atoms with Crippen LogP contribution in [0.1, 0.15) is 26.3 Å². The third-order valence-corrected chi connectivity index (χ3v) is 4.13.